The molecule has 2 aliphatic rings. The molecule has 3 aromatic rings. The third kappa shape index (κ3) is 4.68. The lowest BCUT2D eigenvalue weighted by Crippen LogP contribution is -2.44. The number of pyridine rings is 1. The van der Waals surface area contributed by atoms with E-state index in [1.54, 1.807) is 16.7 Å². The van der Waals surface area contributed by atoms with Crippen molar-refractivity contribution in [3.05, 3.63) is 64.6 Å². The van der Waals surface area contributed by atoms with Gasteiger partial charge >= 0.3 is 0 Å². The van der Waals surface area contributed by atoms with E-state index >= 15 is 0 Å². The number of amides is 1. The number of hydrogen-bond donors (Lipinski definition) is 2. The molecule has 5 rings (SSSR count). The van der Waals surface area contributed by atoms with Crippen molar-refractivity contribution in [2.75, 3.05) is 5.32 Å². The van der Waals surface area contributed by atoms with Crippen LogP contribution in [0, 0.1) is 23.7 Å². The van der Waals surface area contributed by atoms with Gasteiger partial charge in [-0.2, -0.15) is 0 Å². The molecule has 2 fully saturated rings. The number of carbonyl (C=O) groups excluding carboxylic acids is 1. The standard InChI is InChI=1S/C28H35ClN4O/c1-4-24-27(33-16-22(29)7-10-25(33)32-24)28(34)30-15-19-5-8-23(9-6-19)31-26-18(3)13-20-11-17(2)12-21(26)14-20/h5-10,16-18,20-21,26,31H,4,11-15H2,1-3H3,(H,30,34). The molecule has 0 spiro atoms. The SMILES string of the molecule is CCc1nc2ccc(Cl)cn2c1C(=O)NCc1ccc(NC2C(C)CC3CC(C)CC2C3)cc1. The fraction of sp³-hybridized carbons (Fsp3) is 0.500. The second-order valence-corrected chi connectivity index (χ2v) is 11.0. The molecule has 1 amide bonds. The van der Waals surface area contributed by atoms with E-state index in [0.29, 0.717) is 35.6 Å². The quantitative estimate of drug-likeness (QED) is 0.433. The van der Waals surface area contributed by atoms with E-state index in [9.17, 15) is 4.79 Å². The summed E-state index contributed by atoms with van der Waals surface area (Å²) in [4.78, 5) is 17.6. The minimum absolute atomic E-state index is 0.133. The fourth-order valence-corrected chi connectivity index (χ4v) is 6.58. The van der Waals surface area contributed by atoms with Gasteiger partial charge in [-0.25, -0.2) is 4.98 Å². The lowest BCUT2D eigenvalue weighted by atomic mass is 9.63. The smallest absolute Gasteiger partial charge is 0.270 e. The van der Waals surface area contributed by atoms with Gasteiger partial charge in [-0.15, -0.1) is 0 Å². The summed E-state index contributed by atoms with van der Waals surface area (Å²) in [6, 6.07) is 12.7. The third-order valence-corrected chi connectivity index (χ3v) is 8.07. The van der Waals surface area contributed by atoms with Crippen LogP contribution >= 0.6 is 11.6 Å². The van der Waals surface area contributed by atoms with Crippen LogP contribution in [0.2, 0.25) is 5.02 Å². The lowest BCUT2D eigenvalue weighted by molar-refractivity contribution is 0.0943. The number of halogens is 1. The van der Waals surface area contributed by atoms with Gasteiger partial charge in [-0.3, -0.25) is 9.20 Å². The fourth-order valence-electron chi connectivity index (χ4n) is 6.42. The Kier molecular flexibility index (Phi) is 6.57. The van der Waals surface area contributed by atoms with Gasteiger partial charge in [0.1, 0.15) is 11.3 Å². The number of carbonyl (C=O) groups is 1. The molecule has 2 aliphatic carbocycles. The van der Waals surface area contributed by atoms with Gasteiger partial charge in [0.15, 0.2) is 0 Å². The van der Waals surface area contributed by atoms with Crippen molar-refractivity contribution in [3.63, 3.8) is 0 Å². The van der Waals surface area contributed by atoms with Crippen molar-refractivity contribution >= 4 is 28.8 Å². The number of fused-ring (bicyclic) bond motifs is 3. The molecular formula is C28H35ClN4O. The Morgan fingerprint density at radius 1 is 1.09 bits per heavy atom. The summed E-state index contributed by atoms with van der Waals surface area (Å²) in [6.07, 6.45) is 7.91. The van der Waals surface area contributed by atoms with Crippen LogP contribution in [0.1, 0.15) is 68.2 Å². The van der Waals surface area contributed by atoms with Gasteiger partial charge in [-0.05, 0) is 85.6 Å². The summed E-state index contributed by atoms with van der Waals surface area (Å²) in [5, 5.41) is 7.49. The van der Waals surface area contributed by atoms with Crippen molar-refractivity contribution < 1.29 is 4.79 Å². The summed E-state index contributed by atoms with van der Waals surface area (Å²) in [5.74, 6) is 3.13. The first-order chi connectivity index (χ1) is 16.4. The van der Waals surface area contributed by atoms with E-state index in [-0.39, 0.29) is 5.91 Å². The molecule has 5 unspecified atom stereocenters. The topological polar surface area (TPSA) is 58.4 Å². The predicted octanol–water partition coefficient (Wildman–Crippen LogP) is 6.35. The zero-order valence-corrected chi connectivity index (χ0v) is 21.1. The average Bonchev–Trinajstić information content (AvgIpc) is 3.18. The van der Waals surface area contributed by atoms with Gasteiger partial charge < -0.3 is 10.6 Å². The molecule has 2 bridgehead atoms. The van der Waals surface area contributed by atoms with Crippen molar-refractivity contribution in [1.82, 2.24) is 14.7 Å². The van der Waals surface area contributed by atoms with E-state index < -0.39 is 0 Å². The van der Waals surface area contributed by atoms with E-state index in [2.05, 4.69) is 53.7 Å². The molecular weight excluding hydrogens is 444 g/mol. The lowest BCUT2D eigenvalue weighted by Gasteiger charge is -2.47. The molecule has 2 aromatic heterocycles. The highest BCUT2D eigenvalue weighted by molar-refractivity contribution is 6.30. The van der Waals surface area contributed by atoms with Crippen LogP contribution < -0.4 is 10.6 Å². The highest BCUT2D eigenvalue weighted by Gasteiger charge is 2.39. The van der Waals surface area contributed by atoms with Crippen molar-refractivity contribution in [1.29, 1.82) is 0 Å². The summed E-state index contributed by atoms with van der Waals surface area (Å²) in [6.45, 7) is 7.31. The molecule has 6 heteroatoms. The van der Waals surface area contributed by atoms with Crippen molar-refractivity contribution in [3.8, 4) is 0 Å². The Bertz CT molecular complexity index is 1170. The van der Waals surface area contributed by atoms with Crippen molar-refractivity contribution in [2.24, 2.45) is 23.7 Å². The Labute approximate surface area is 207 Å². The first kappa shape index (κ1) is 23.2. The summed E-state index contributed by atoms with van der Waals surface area (Å²) < 4.78 is 1.78. The largest absolute Gasteiger partial charge is 0.382 e. The second kappa shape index (κ2) is 9.61. The van der Waals surface area contributed by atoms with Crippen LogP contribution in [-0.2, 0) is 13.0 Å². The minimum Gasteiger partial charge on any atom is -0.382 e. The van der Waals surface area contributed by atoms with E-state index in [0.717, 1.165) is 34.7 Å². The van der Waals surface area contributed by atoms with Gasteiger partial charge in [0.25, 0.3) is 5.91 Å². The molecule has 0 aliphatic heterocycles. The molecule has 0 radical (unpaired) electrons. The molecule has 5 atom stereocenters. The second-order valence-electron chi connectivity index (χ2n) is 10.5. The molecule has 1 aromatic carbocycles. The molecule has 2 heterocycles. The van der Waals surface area contributed by atoms with Crippen LogP contribution in [-0.4, -0.2) is 21.3 Å². The zero-order valence-electron chi connectivity index (χ0n) is 20.4. The zero-order chi connectivity index (χ0) is 23.8. The first-order valence-electron chi connectivity index (χ1n) is 12.7. The monoisotopic (exact) mass is 478 g/mol. The summed E-state index contributed by atoms with van der Waals surface area (Å²) in [7, 11) is 0. The van der Waals surface area contributed by atoms with Crippen molar-refractivity contribution in [2.45, 2.75) is 65.5 Å². The Hall–Kier alpha value is -2.53. The van der Waals surface area contributed by atoms with Gasteiger partial charge in [0, 0.05) is 24.5 Å². The third-order valence-electron chi connectivity index (χ3n) is 7.85. The van der Waals surface area contributed by atoms with E-state index in [1.165, 1.54) is 31.4 Å². The maximum absolute atomic E-state index is 13.1. The number of hydrogen-bond acceptors (Lipinski definition) is 3. The highest BCUT2D eigenvalue weighted by atomic mass is 35.5. The van der Waals surface area contributed by atoms with Crippen LogP contribution in [0.5, 0.6) is 0 Å². The maximum Gasteiger partial charge on any atom is 0.270 e. The average molecular weight is 479 g/mol. The number of aromatic nitrogens is 2. The number of anilines is 1. The highest BCUT2D eigenvalue weighted by Crippen LogP contribution is 2.45. The Morgan fingerprint density at radius 3 is 2.65 bits per heavy atom. The molecule has 2 saturated carbocycles. The number of nitrogens with zero attached hydrogens (tertiary/aromatic N) is 2. The first-order valence-corrected chi connectivity index (χ1v) is 13.1. The number of imidazole rings is 1. The Morgan fingerprint density at radius 2 is 1.88 bits per heavy atom. The normalized spacial score (nSPS) is 26.4. The number of nitrogens with one attached hydrogen (secondary N) is 2. The minimum atomic E-state index is -0.133. The molecule has 0 saturated heterocycles. The van der Waals surface area contributed by atoms with Gasteiger partial charge in [-0.1, -0.05) is 44.5 Å². The van der Waals surface area contributed by atoms with Crippen LogP contribution in [0.25, 0.3) is 5.65 Å². The van der Waals surface area contributed by atoms with Crippen LogP contribution in [0.3, 0.4) is 0 Å². The summed E-state index contributed by atoms with van der Waals surface area (Å²) in [5.41, 5.74) is 4.32. The molecule has 34 heavy (non-hydrogen) atoms. The maximum atomic E-state index is 13.1. The van der Waals surface area contributed by atoms with Crippen LogP contribution in [0.4, 0.5) is 5.69 Å². The number of aryl methyl sites for hydroxylation is 1. The number of benzene rings is 1. The van der Waals surface area contributed by atoms with Gasteiger partial charge in [0.2, 0.25) is 0 Å². The number of rotatable bonds is 6. The molecule has 5 nitrogen and oxygen atoms in total. The predicted molar refractivity (Wildman–Crippen MR) is 138 cm³/mol. The van der Waals surface area contributed by atoms with Gasteiger partial charge in [0.05, 0.1) is 10.7 Å². The van der Waals surface area contributed by atoms with E-state index in [1.807, 2.05) is 13.0 Å². The van der Waals surface area contributed by atoms with E-state index in [4.69, 9.17) is 11.6 Å². The molecule has 2 N–H and O–H groups in total. The van der Waals surface area contributed by atoms with Crippen LogP contribution in [0.15, 0.2) is 42.6 Å². The Balaban J connectivity index is 1.23. The summed E-state index contributed by atoms with van der Waals surface area (Å²) >= 11 is 6.16. The molecule has 180 valence electrons.